The first kappa shape index (κ1) is 19.2. The van der Waals surface area contributed by atoms with E-state index in [1.54, 1.807) is 0 Å². The highest BCUT2D eigenvalue weighted by atomic mass is 32.2. The molecule has 3 rings (SSSR count). The van der Waals surface area contributed by atoms with Crippen LogP contribution in [-0.4, -0.2) is 32.8 Å². The van der Waals surface area contributed by atoms with Gasteiger partial charge in [0.2, 0.25) is 5.91 Å². The lowest BCUT2D eigenvalue weighted by Gasteiger charge is -2.08. The number of hydrogen-bond acceptors (Lipinski definition) is 4. The third kappa shape index (κ3) is 4.79. The predicted octanol–water partition coefficient (Wildman–Crippen LogP) is 3.51. The molecule has 3 aromatic rings. The molecule has 0 fully saturated rings. The molecule has 0 spiro atoms. The number of carbonyl (C=O) groups is 1. The third-order valence-electron chi connectivity index (χ3n) is 4.01. The SMILES string of the molecule is Cc1ccccc1CCNC(=O)CSc1nnc2ccc(C(F)(F)F)cn12. The normalized spacial score (nSPS) is 11.7. The summed E-state index contributed by atoms with van der Waals surface area (Å²) in [7, 11) is 0. The Balaban J connectivity index is 1.56. The Morgan fingerprint density at radius 2 is 1.96 bits per heavy atom. The van der Waals surface area contributed by atoms with Crippen LogP contribution in [0, 0.1) is 6.92 Å². The molecule has 0 atom stereocenters. The summed E-state index contributed by atoms with van der Waals surface area (Å²) in [6, 6.07) is 10.1. The second kappa shape index (κ2) is 7.99. The molecule has 0 aliphatic rings. The van der Waals surface area contributed by atoms with Crippen LogP contribution in [0.1, 0.15) is 16.7 Å². The van der Waals surface area contributed by atoms with Gasteiger partial charge in [-0.15, -0.1) is 10.2 Å². The first-order valence-electron chi connectivity index (χ1n) is 8.20. The van der Waals surface area contributed by atoms with E-state index in [0.29, 0.717) is 18.6 Å². The first-order chi connectivity index (χ1) is 12.8. The zero-order valence-corrected chi connectivity index (χ0v) is 15.3. The number of carbonyl (C=O) groups excluding carboxylic acids is 1. The molecule has 27 heavy (non-hydrogen) atoms. The number of amides is 1. The molecule has 9 heteroatoms. The van der Waals surface area contributed by atoms with Crippen molar-refractivity contribution in [3.05, 3.63) is 59.3 Å². The summed E-state index contributed by atoms with van der Waals surface area (Å²) < 4.78 is 39.8. The number of thioether (sulfide) groups is 1. The van der Waals surface area contributed by atoms with E-state index in [1.165, 1.54) is 10.5 Å². The highest BCUT2D eigenvalue weighted by molar-refractivity contribution is 7.99. The number of nitrogens with one attached hydrogen (secondary N) is 1. The van der Waals surface area contributed by atoms with E-state index in [0.717, 1.165) is 35.2 Å². The predicted molar refractivity (Wildman–Crippen MR) is 96.6 cm³/mol. The Morgan fingerprint density at radius 1 is 1.19 bits per heavy atom. The summed E-state index contributed by atoms with van der Waals surface area (Å²) >= 11 is 1.04. The maximum absolute atomic E-state index is 12.9. The average molecular weight is 394 g/mol. The van der Waals surface area contributed by atoms with Crippen LogP contribution in [0.3, 0.4) is 0 Å². The number of halogens is 3. The standard InChI is InChI=1S/C18H17F3N4OS/c1-12-4-2-3-5-13(12)8-9-22-16(26)11-27-17-24-23-15-7-6-14(10-25(15)17)18(19,20)21/h2-7,10H,8-9,11H2,1H3,(H,22,26). The number of benzene rings is 1. The van der Waals surface area contributed by atoms with Gasteiger partial charge in [0.15, 0.2) is 10.8 Å². The molecule has 0 radical (unpaired) electrons. The lowest BCUT2D eigenvalue weighted by Crippen LogP contribution is -2.27. The van der Waals surface area contributed by atoms with Crippen LogP contribution in [-0.2, 0) is 17.4 Å². The molecule has 1 N–H and O–H groups in total. The number of fused-ring (bicyclic) bond motifs is 1. The fourth-order valence-corrected chi connectivity index (χ4v) is 3.29. The van der Waals surface area contributed by atoms with Crippen molar-refractivity contribution in [3.63, 3.8) is 0 Å². The summed E-state index contributed by atoms with van der Waals surface area (Å²) in [6.07, 6.45) is -2.80. The number of aryl methyl sites for hydroxylation is 1. The summed E-state index contributed by atoms with van der Waals surface area (Å²) in [5.41, 5.74) is 1.83. The second-order valence-corrected chi connectivity index (χ2v) is 6.88. The van der Waals surface area contributed by atoms with Crippen molar-refractivity contribution in [2.75, 3.05) is 12.3 Å². The fraction of sp³-hybridized carbons (Fsp3) is 0.278. The molecule has 1 aromatic carbocycles. The molecule has 0 saturated carbocycles. The van der Waals surface area contributed by atoms with Gasteiger partial charge in [0, 0.05) is 12.7 Å². The average Bonchev–Trinajstić information content (AvgIpc) is 3.03. The maximum atomic E-state index is 12.9. The van der Waals surface area contributed by atoms with E-state index < -0.39 is 11.7 Å². The van der Waals surface area contributed by atoms with Crippen LogP contribution in [0.25, 0.3) is 5.65 Å². The zero-order chi connectivity index (χ0) is 19.4. The maximum Gasteiger partial charge on any atom is 0.417 e. The molecule has 1 amide bonds. The molecular weight excluding hydrogens is 377 g/mol. The van der Waals surface area contributed by atoms with Gasteiger partial charge in [-0.2, -0.15) is 13.2 Å². The third-order valence-corrected chi connectivity index (χ3v) is 4.95. The minimum Gasteiger partial charge on any atom is -0.355 e. The van der Waals surface area contributed by atoms with Gasteiger partial charge < -0.3 is 5.32 Å². The van der Waals surface area contributed by atoms with Gasteiger partial charge in [0.1, 0.15) is 0 Å². The Hall–Kier alpha value is -2.55. The van der Waals surface area contributed by atoms with Gasteiger partial charge in [-0.3, -0.25) is 9.20 Å². The summed E-state index contributed by atoms with van der Waals surface area (Å²) in [6.45, 7) is 2.50. The van der Waals surface area contributed by atoms with Crippen molar-refractivity contribution >= 4 is 23.3 Å². The smallest absolute Gasteiger partial charge is 0.355 e. The van der Waals surface area contributed by atoms with Crippen LogP contribution in [0.5, 0.6) is 0 Å². The summed E-state index contributed by atoms with van der Waals surface area (Å²) in [4.78, 5) is 12.0. The zero-order valence-electron chi connectivity index (χ0n) is 14.5. The largest absolute Gasteiger partial charge is 0.417 e. The van der Waals surface area contributed by atoms with Crippen molar-refractivity contribution in [2.24, 2.45) is 0 Å². The van der Waals surface area contributed by atoms with Crippen LogP contribution in [0.2, 0.25) is 0 Å². The van der Waals surface area contributed by atoms with E-state index in [9.17, 15) is 18.0 Å². The fourth-order valence-electron chi connectivity index (χ4n) is 2.54. The minimum atomic E-state index is -4.45. The van der Waals surface area contributed by atoms with Gasteiger partial charge in [-0.1, -0.05) is 36.0 Å². The Bertz CT molecular complexity index is 955. The number of hydrogen-bond donors (Lipinski definition) is 1. The van der Waals surface area contributed by atoms with Crippen molar-refractivity contribution in [1.29, 1.82) is 0 Å². The van der Waals surface area contributed by atoms with Crippen LogP contribution < -0.4 is 5.32 Å². The van der Waals surface area contributed by atoms with Crippen LogP contribution >= 0.6 is 11.8 Å². The molecular formula is C18H17F3N4OS. The van der Waals surface area contributed by atoms with Gasteiger partial charge in [-0.25, -0.2) is 0 Å². The Kier molecular flexibility index (Phi) is 5.69. The molecule has 2 aromatic heterocycles. The van der Waals surface area contributed by atoms with Crippen molar-refractivity contribution in [1.82, 2.24) is 19.9 Å². The summed E-state index contributed by atoms with van der Waals surface area (Å²) in [5, 5.41) is 10.7. The molecule has 0 unspecified atom stereocenters. The minimum absolute atomic E-state index is 0.0464. The lowest BCUT2D eigenvalue weighted by atomic mass is 10.1. The molecule has 0 aliphatic carbocycles. The number of aromatic nitrogens is 3. The van der Waals surface area contributed by atoms with E-state index >= 15 is 0 Å². The van der Waals surface area contributed by atoms with E-state index in [2.05, 4.69) is 15.5 Å². The highest BCUT2D eigenvalue weighted by Crippen LogP contribution is 2.30. The Labute approximate surface area is 158 Å². The molecule has 2 heterocycles. The van der Waals surface area contributed by atoms with Crippen LogP contribution in [0.15, 0.2) is 47.8 Å². The first-order valence-corrected chi connectivity index (χ1v) is 9.19. The number of rotatable bonds is 6. The van der Waals surface area contributed by atoms with Crippen molar-refractivity contribution in [3.8, 4) is 0 Å². The Morgan fingerprint density at radius 3 is 2.70 bits per heavy atom. The van der Waals surface area contributed by atoms with Gasteiger partial charge in [0.25, 0.3) is 0 Å². The van der Waals surface area contributed by atoms with E-state index in [4.69, 9.17) is 0 Å². The van der Waals surface area contributed by atoms with Crippen molar-refractivity contribution < 1.29 is 18.0 Å². The monoisotopic (exact) mass is 394 g/mol. The number of nitrogens with zero attached hydrogens (tertiary/aromatic N) is 3. The summed E-state index contributed by atoms with van der Waals surface area (Å²) in [5.74, 6) is -0.164. The van der Waals surface area contributed by atoms with E-state index in [1.807, 2.05) is 31.2 Å². The lowest BCUT2D eigenvalue weighted by molar-refractivity contribution is -0.137. The topological polar surface area (TPSA) is 59.3 Å². The second-order valence-electron chi connectivity index (χ2n) is 5.94. The molecule has 0 bridgehead atoms. The van der Waals surface area contributed by atoms with Crippen LogP contribution in [0.4, 0.5) is 13.2 Å². The number of alkyl halides is 3. The van der Waals surface area contributed by atoms with Gasteiger partial charge >= 0.3 is 6.18 Å². The van der Waals surface area contributed by atoms with Crippen molar-refractivity contribution in [2.45, 2.75) is 24.7 Å². The number of pyridine rings is 1. The molecule has 0 saturated heterocycles. The van der Waals surface area contributed by atoms with Gasteiger partial charge in [-0.05, 0) is 36.6 Å². The molecule has 142 valence electrons. The molecule has 0 aliphatic heterocycles. The van der Waals surface area contributed by atoms with Gasteiger partial charge in [0.05, 0.1) is 11.3 Å². The molecule has 5 nitrogen and oxygen atoms in total. The highest BCUT2D eigenvalue weighted by Gasteiger charge is 2.31. The quantitative estimate of drug-likeness (QED) is 0.650. The van der Waals surface area contributed by atoms with E-state index in [-0.39, 0.29) is 16.8 Å².